The van der Waals surface area contributed by atoms with E-state index >= 15 is 0 Å². The number of nitrogens with zero attached hydrogens (tertiary/aromatic N) is 3. The molecule has 0 amide bonds. The number of hydrogen-bond acceptors (Lipinski definition) is 4. The molecule has 0 aliphatic rings. The Labute approximate surface area is 165 Å². The number of hydrogen-bond donors (Lipinski definition) is 2. The molecule has 1 aromatic heterocycles. The van der Waals surface area contributed by atoms with Crippen molar-refractivity contribution >= 4 is 5.96 Å². The SMILES string of the molecule is CCNC(=NCc1ccc(OC(C)C)nc1)NC(C)CCCN(CC)CC. The van der Waals surface area contributed by atoms with Crippen molar-refractivity contribution in [2.24, 2.45) is 4.99 Å². The van der Waals surface area contributed by atoms with E-state index < -0.39 is 0 Å². The van der Waals surface area contributed by atoms with Crippen LogP contribution in [0.2, 0.25) is 0 Å². The lowest BCUT2D eigenvalue weighted by molar-refractivity contribution is 0.232. The standard InChI is InChI=1S/C21H39N5O/c1-7-22-21(25-18(6)11-10-14-26(8-2)9-3)24-16-19-12-13-20(23-15-19)27-17(4)5/h12-13,15,17-18H,7-11,14,16H2,1-6H3,(H2,22,24,25). The summed E-state index contributed by atoms with van der Waals surface area (Å²) in [6.07, 6.45) is 4.28. The van der Waals surface area contributed by atoms with Crippen molar-refractivity contribution in [3.05, 3.63) is 23.9 Å². The van der Waals surface area contributed by atoms with E-state index in [4.69, 9.17) is 9.73 Å². The van der Waals surface area contributed by atoms with Gasteiger partial charge in [-0.25, -0.2) is 9.98 Å². The molecule has 0 aromatic carbocycles. The van der Waals surface area contributed by atoms with Crippen molar-refractivity contribution in [1.82, 2.24) is 20.5 Å². The fourth-order valence-electron chi connectivity index (χ4n) is 2.77. The average Bonchev–Trinajstić information content (AvgIpc) is 2.64. The molecular weight excluding hydrogens is 338 g/mol. The van der Waals surface area contributed by atoms with Crippen molar-refractivity contribution < 1.29 is 4.74 Å². The van der Waals surface area contributed by atoms with Gasteiger partial charge in [0, 0.05) is 24.8 Å². The van der Waals surface area contributed by atoms with Crippen LogP contribution in [0.3, 0.4) is 0 Å². The zero-order valence-corrected chi connectivity index (χ0v) is 18.1. The molecule has 0 fully saturated rings. The second-order valence-electron chi connectivity index (χ2n) is 7.08. The number of aromatic nitrogens is 1. The van der Waals surface area contributed by atoms with Gasteiger partial charge in [0.15, 0.2) is 5.96 Å². The summed E-state index contributed by atoms with van der Waals surface area (Å²) in [6, 6.07) is 4.31. The first kappa shape index (κ1) is 23.2. The molecule has 6 nitrogen and oxygen atoms in total. The predicted octanol–water partition coefficient (Wildman–Crippen LogP) is 3.43. The Morgan fingerprint density at radius 3 is 2.48 bits per heavy atom. The number of guanidine groups is 1. The summed E-state index contributed by atoms with van der Waals surface area (Å²) in [5.41, 5.74) is 1.07. The second kappa shape index (κ2) is 13.4. The molecular formula is C21H39N5O. The minimum absolute atomic E-state index is 0.133. The van der Waals surface area contributed by atoms with Crippen molar-refractivity contribution in [3.63, 3.8) is 0 Å². The molecule has 0 spiro atoms. The highest BCUT2D eigenvalue weighted by Crippen LogP contribution is 2.10. The van der Waals surface area contributed by atoms with Gasteiger partial charge in [-0.15, -0.1) is 0 Å². The highest BCUT2D eigenvalue weighted by molar-refractivity contribution is 5.80. The molecule has 0 radical (unpaired) electrons. The lowest BCUT2D eigenvalue weighted by atomic mass is 10.2. The van der Waals surface area contributed by atoms with Gasteiger partial charge < -0.3 is 20.3 Å². The summed E-state index contributed by atoms with van der Waals surface area (Å²) in [4.78, 5) is 11.5. The van der Waals surface area contributed by atoms with Crippen molar-refractivity contribution in [2.75, 3.05) is 26.2 Å². The van der Waals surface area contributed by atoms with Crippen LogP contribution in [-0.4, -0.2) is 54.2 Å². The summed E-state index contributed by atoms with van der Waals surface area (Å²) in [5.74, 6) is 1.51. The largest absolute Gasteiger partial charge is 0.475 e. The number of aliphatic imine (C=N–C) groups is 1. The quantitative estimate of drug-likeness (QED) is 0.432. The van der Waals surface area contributed by atoms with Crippen molar-refractivity contribution in [1.29, 1.82) is 0 Å². The van der Waals surface area contributed by atoms with Gasteiger partial charge in [-0.2, -0.15) is 0 Å². The topological polar surface area (TPSA) is 61.8 Å². The van der Waals surface area contributed by atoms with E-state index in [2.05, 4.69) is 48.2 Å². The van der Waals surface area contributed by atoms with Crippen LogP contribution in [0.25, 0.3) is 0 Å². The Hall–Kier alpha value is -1.82. The zero-order valence-electron chi connectivity index (χ0n) is 18.1. The third-order valence-corrected chi connectivity index (χ3v) is 4.31. The normalized spacial score (nSPS) is 13.1. The molecule has 1 atom stereocenters. The number of ether oxygens (including phenoxy) is 1. The van der Waals surface area contributed by atoms with Gasteiger partial charge in [-0.05, 0) is 65.7 Å². The van der Waals surface area contributed by atoms with Crippen LogP contribution in [0, 0.1) is 0 Å². The van der Waals surface area contributed by atoms with Gasteiger partial charge >= 0.3 is 0 Å². The van der Waals surface area contributed by atoms with Crippen molar-refractivity contribution in [2.45, 2.75) is 73.1 Å². The Morgan fingerprint density at radius 2 is 1.93 bits per heavy atom. The third kappa shape index (κ3) is 10.2. The molecule has 0 bridgehead atoms. The average molecular weight is 378 g/mol. The minimum atomic E-state index is 0.133. The van der Waals surface area contributed by atoms with Crippen molar-refractivity contribution in [3.8, 4) is 5.88 Å². The van der Waals surface area contributed by atoms with Crippen LogP contribution < -0.4 is 15.4 Å². The van der Waals surface area contributed by atoms with Crippen LogP contribution in [0.5, 0.6) is 5.88 Å². The number of nitrogens with one attached hydrogen (secondary N) is 2. The molecule has 1 heterocycles. The Balaban J connectivity index is 2.51. The summed E-state index contributed by atoms with van der Waals surface area (Å²) in [6.45, 7) is 17.6. The van der Waals surface area contributed by atoms with E-state index in [1.54, 1.807) is 0 Å². The molecule has 1 rings (SSSR count). The summed E-state index contributed by atoms with van der Waals surface area (Å²) >= 11 is 0. The van der Waals surface area contributed by atoms with Gasteiger partial charge in [0.2, 0.25) is 5.88 Å². The van der Waals surface area contributed by atoms with E-state index in [1.165, 1.54) is 6.42 Å². The Morgan fingerprint density at radius 1 is 1.19 bits per heavy atom. The lowest BCUT2D eigenvalue weighted by Crippen LogP contribution is -2.42. The molecule has 0 saturated heterocycles. The zero-order chi connectivity index (χ0) is 20.1. The number of rotatable bonds is 12. The minimum Gasteiger partial charge on any atom is -0.475 e. The van der Waals surface area contributed by atoms with Gasteiger partial charge in [0.05, 0.1) is 12.6 Å². The molecule has 6 heteroatoms. The third-order valence-electron chi connectivity index (χ3n) is 4.31. The smallest absolute Gasteiger partial charge is 0.213 e. The lowest BCUT2D eigenvalue weighted by Gasteiger charge is -2.21. The fourth-order valence-corrected chi connectivity index (χ4v) is 2.77. The van der Waals surface area contributed by atoms with E-state index in [9.17, 15) is 0 Å². The van der Waals surface area contributed by atoms with Crippen LogP contribution in [0.1, 0.15) is 59.9 Å². The summed E-state index contributed by atoms with van der Waals surface area (Å²) in [7, 11) is 0. The van der Waals surface area contributed by atoms with E-state index in [0.29, 0.717) is 18.5 Å². The first-order chi connectivity index (χ1) is 13.0. The van der Waals surface area contributed by atoms with E-state index in [-0.39, 0.29) is 6.10 Å². The highest BCUT2D eigenvalue weighted by atomic mass is 16.5. The fraction of sp³-hybridized carbons (Fsp3) is 0.714. The molecule has 1 aromatic rings. The molecule has 0 saturated carbocycles. The van der Waals surface area contributed by atoms with Crippen LogP contribution in [-0.2, 0) is 6.54 Å². The first-order valence-electron chi connectivity index (χ1n) is 10.4. The molecule has 27 heavy (non-hydrogen) atoms. The number of pyridine rings is 1. The molecule has 1 unspecified atom stereocenters. The van der Waals surface area contributed by atoms with Crippen LogP contribution in [0.4, 0.5) is 0 Å². The van der Waals surface area contributed by atoms with Gasteiger partial charge in [0.1, 0.15) is 0 Å². The second-order valence-corrected chi connectivity index (χ2v) is 7.08. The summed E-state index contributed by atoms with van der Waals surface area (Å²) in [5, 5.41) is 6.84. The molecule has 154 valence electrons. The summed E-state index contributed by atoms with van der Waals surface area (Å²) < 4.78 is 5.58. The van der Waals surface area contributed by atoms with Crippen LogP contribution >= 0.6 is 0 Å². The monoisotopic (exact) mass is 377 g/mol. The highest BCUT2D eigenvalue weighted by Gasteiger charge is 2.07. The van der Waals surface area contributed by atoms with E-state index in [1.807, 2.05) is 32.2 Å². The Bertz CT molecular complexity index is 526. The maximum Gasteiger partial charge on any atom is 0.213 e. The predicted molar refractivity (Wildman–Crippen MR) is 114 cm³/mol. The molecule has 0 aliphatic heterocycles. The molecule has 0 aliphatic carbocycles. The van der Waals surface area contributed by atoms with Gasteiger partial charge in [-0.3, -0.25) is 0 Å². The van der Waals surface area contributed by atoms with Gasteiger partial charge in [0.25, 0.3) is 0 Å². The van der Waals surface area contributed by atoms with Gasteiger partial charge in [-0.1, -0.05) is 19.9 Å². The van der Waals surface area contributed by atoms with Crippen LogP contribution in [0.15, 0.2) is 23.3 Å². The maximum atomic E-state index is 5.58. The van der Waals surface area contributed by atoms with E-state index in [0.717, 1.165) is 44.1 Å². The maximum absolute atomic E-state index is 5.58. The first-order valence-corrected chi connectivity index (χ1v) is 10.4. The Kier molecular flexibility index (Phi) is 11.5. The molecule has 2 N–H and O–H groups in total.